The molecule has 0 fully saturated rings. The molecule has 0 spiro atoms. The van der Waals surface area contributed by atoms with Crippen LogP contribution in [-0.4, -0.2) is 15.9 Å². The first-order valence-electron chi connectivity index (χ1n) is 14.4. The summed E-state index contributed by atoms with van der Waals surface area (Å²) in [7, 11) is 0. The summed E-state index contributed by atoms with van der Waals surface area (Å²) in [5, 5.41) is 0. The van der Waals surface area contributed by atoms with Crippen molar-refractivity contribution in [2.75, 3.05) is 0 Å². The van der Waals surface area contributed by atoms with Crippen molar-refractivity contribution >= 4 is 5.97 Å². The fourth-order valence-corrected chi connectivity index (χ4v) is 4.37. The van der Waals surface area contributed by atoms with Gasteiger partial charge in [0.05, 0.1) is 0 Å². The molecule has 0 aliphatic heterocycles. The van der Waals surface area contributed by atoms with Gasteiger partial charge in [0.1, 0.15) is 5.75 Å². The Morgan fingerprint density at radius 1 is 0.686 bits per heavy atom. The Kier molecular flexibility index (Phi) is 15.8. The lowest BCUT2D eigenvalue weighted by Gasteiger charge is -2.07. The fourth-order valence-electron chi connectivity index (χ4n) is 4.37. The number of carbonyl (C=O) groups is 1. The molecule has 0 bridgehead atoms. The molecule has 0 radical (unpaired) electrons. The number of unbranched alkanes of at least 4 members (excludes halogenated alkanes) is 14. The van der Waals surface area contributed by atoms with Crippen molar-refractivity contribution in [3.05, 3.63) is 42.2 Å². The zero-order valence-corrected chi connectivity index (χ0v) is 22.4. The third-order valence-electron chi connectivity index (χ3n) is 6.58. The van der Waals surface area contributed by atoms with E-state index in [0.29, 0.717) is 12.2 Å². The molecule has 194 valence electrons. The third kappa shape index (κ3) is 13.4. The van der Waals surface area contributed by atoms with Crippen molar-refractivity contribution in [1.82, 2.24) is 9.97 Å². The van der Waals surface area contributed by atoms with Crippen molar-refractivity contribution in [1.29, 1.82) is 0 Å². The molecule has 2 aromatic rings. The van der Waals surface area contributed by atoms with Crippen molar-refractivity contribution in [2.45, 2.75) is 129 Å². The maximum absolute atomic E-state index is 12.2. The first-order valence-corrected chi connectivity index (χ1v) is 14.4. The summed E-state index contributed by atoms with van der Waals surface area (Å²) in [5.74, 6) is 1.18. The Morgan fingerprint density at radius 3 is 1.83 bits per heavy atom. The van der Waals surface area contributed by atoms with E-state index in [1.165, 1.54) is 89.9 Å². The molecule has 4 heteroatoms. The van der Waals surface area contributed by atoms with E-state index in [-0.39, 0.29) is 5.97 Å². The average Bonchev–Trinajstić information content (AvgIpc) is 2.88. The molecule has 1 heterocycles. The van der Waals surface area contributed by atoms with Crippen LogP contribution in [-0.2, 0) is 11.2 Å². The van der Waals surface area contributed by atoms with Crippen LogP contribution in [0.3, 0.4) is 0 Å². The van der Waals surface area contributed by atoms with Gasteiger partial charge in [-0.15, -0.1) is 0 Å². The highest BCUT2D eigenvalue weighted by Gasteiger charge is 2.07. The van der Waals surface area contributed by atoms with Crippen molar-refractivity contribution in [2.24, 2.45) is 0 Å². The van der Waals surface area contributed by atoms with Crippen LogP contribution in [0, 0.1) is 0 Å². The number of benzene rings is 1. The predicted molar refractivity (Wildman–Crippen MR) is 147 cm³/mol. The van der Waals surface area contributed by atoms with Crippen LogP contribution in [0.25, 0.3) is 11.4 Å². The van der Waals surface area contributed by atoms with Gasteiger partial charge in [-0.1, -0.05) is 104 Å². The Balaban J connectivity index is 1.66. The summed E-state index contributed by atoms with van der Waals surface area (Å²) < 4.78 is 5.52. The normalized spacial score (nSPS) is 11.0. The van der Waals surface area contributed by atoms with E-state index in [9.17, 15) is 4.79 Å². The van der Waals surface area contributed by atoms with Crippen LogP contribution in [0.1, 0.15) is 129 Å². The van der Waals surface area contributed by atoms with E-state index >= 15 is 0 Å². The number of ether oxygens (including phenoxy) is 1. The molecule has 0 amide bonds. The molecule has 0 aliphatic carbocycles. The van der Waals surface area contributed by atoms with Gasteiger partial charge in [0.2, 0.25) is 0 Å². The maximum atomic E-state index is 12.2. The smallest absolute Gasteiger partial charge is 0.311 e. The van der Waals surface area contributed by atoms with E-state index in [1.54, 1.807) is 0 Å². The van der Waals surface area contributed by atoms with Gasteiger partial charge in [-0.2, -0.15) is 0 Å². The summed E-state index contributed by atoms with van der Waals surface area (Å²) in [6.07, 6.45) is 23.6. The van der Waals surface area contributed by atoms with E-state index in [2.05, 4.69) is 18.8 Å². The Bertz CT molecular complexity index is 804. The minimum Gasteiger partial charge on any atom is -0.427 e. The monoisotopic (exact) mass is 480 g/mol. The molecule has 2 rings (SSSR count). The van der Waals surface area contributed by atoms with Crippen LogP contribution in [0.4, 0.5) is 0 Å². The lowest BCUT2D eigenvalue weighted by atomic mass is 10.1. The van der Waals surface area contributed by atoms with Crippen LogP contribution >= 0.6 is 0 Å². The third-order valence-corrected chi connectivity index (χ3v) is 6.58. The summed E-state index contributed by atoms with van der Waals surface area (Å²) in [6.45, 7) is 4.50. The molecule has 1 aromatic heterocycles. The number of carbonyl (C=O) groups excluding carboxylic acids is 1. The van der Waals surface area contributed by atoms with Gasteiger partial charge in [0.15, 0.2) is 5.82 Å². The van der Waals surface area contributed by atoms with Gasteiger partial charge in [-0.25, -0.2) is 9.97 Å². The quantitative estimate of drug-likeness (QED) is 0.108. The number of esters is 1. The summed E-state index contributed by atoms with van der Waals surface area (Å²) >= 11 is 0. The summed E-state index contributed by atoms with van der Waals surface area (Å²) in [6, 6.07) is 9.58. The van der Waals surface area contributed by atoms with E-state index in [1.807, 2.05) is 36.5 Å². The van der Waals surface area contributed by atoms with Gasteiger partial charge in [-0.05, 0) is 49.6 Å². The number of rotatable bonds is 20. The minimum atomic E-state index is -0.146. The summed E-state index contributed by atoms with van der Waals surface area (Å²) in [4.78, 5) is 21.4. The molecule has 0 unspecified atom stereocenters. The van der Waals surface area contributed by atoms with E-state index in [0.717, 1.165) is 36.3 Å². The number of aromatic nitrogens is 2. The molecule has 0 aliphatic rings. The van der Waals surface area contributed by atoms with E-state index in [4.69, 9.17) is 9.72 Å². The molecule has 0 N–H and O–H groups in total. The Morgan fingerprint density at radius 2 is 1.23 bits per heavy atom. The van der Waals surface area contributed by atoms with Crippen molar-refractivity contribution in [3.63, 3.8) is 0 Å². The van der Waals surface area contributed by atoms with Gasteiger partial charge in [0, 0.05) is 23.9 Å². The van der Waals surface area contributed by atoms with Gasteiger partial charge >= 0.3 is 5.97 Å². The molecule has 0 saturated heterocycles. The highest BCUT2D eigenvalue weighted by atomic mass is 16.5. The zero-order valence-electron chi connectivity index (χ0n) is 22.4. The van der Waals surface area contributed by atoms with Gasteiger partial charge < -0.3 is 4.74 Å². The highest BCUT2D eigenvalue weighted by molar-refractivity contribution is 5.72. The highest BCUT2D eigenvalue weighted by Crippen LogP contribution is 2.21. The van der Waals surface area contributed by atoms with Crippen molar-refractivity contribution in [3.8, 4) is 17.1 Å². The Hall–Kier alpha value is -2.23. The van der Waals surface area contributed by atoms with Crippen LogP contribution < -0.4 is 4.74 Å². The standard InChI is InChI=1S/C31H48N2O2/c1-3-5-7-9-11-13-15-17-19-28-25-26-32-31(33-28)27-21-23-29(24-22-27)35-30(34)20-18-16-14-12-10-8-6-4-2/h21-26H,3-20H2,1-2H3. The Labute approximate surface area is 214 Å². The molecule has 35 heavy (non-hydrogen) atoms. The number of hydrogen-bond acceptors (Lipinski definition) is 4. The molecule has 0 atom stereocenters. The molecule has 1 aromatic carbocycles. The second kappa shape index (κ2) is 19.0. The largest absolute Gasteiger partial charge is 0.427 e. The van der Waals surface area contributed by atoms with Gasteiger partial charge in [-0.3, -0.25) is 4.79 Å². The number of nitrogens with zero attached hydrogens (tertiary/aromatic N) is 2. The topological polar surface area (TPSA) is 52.1 Å². The summed E-state index contributed by atoms with van der Waals surface area (Å²) in [5.41, 5.74) is 2.05. The van der Waals surface area contributed by atoms with Crippen LogP contribution in [0.5, 0.6) is 5.75 Å². The minimum absolute atomic E-state index is 0.146. The zero-order chi connectivity index (χ0) is 25.0. The van der Waals surface area contributed by atoms with Crippen molar-refractivity contribution < 1.29 is 9.53 Å². The first-order chi connectivity index (χ1) is 17.2. The van der Waals surface area contributed by atoms with E-state index < -0.39 is 0 Å². The molecule has 0 saturated carbocycles. The predicted octanol–water partition coefficient (Wildman–Crippen LogP) is 9.26. The number of hydrogen-bond donors (Lipinski definition) is 0. The van der Waals surface area contributed by atoms with Gasteiger partial charge in [0.25, 0.3) is 0 Å². The first kappa shape index (κ1) is 29.0. The molecular weight excluding hydrogens is 432 g/mol. The van der Waals surface area contributed by atoms with Crippen LogP contribution in [0.15, 0.2) is 36.5 Å². The average molecular weight is 481 g/mol. The molecular formula is C31H48N2O2. The second-order valence-corrected chi connectivity index (χ2v) is 9.82. The number of aryl methyl sites for hydroxylation is 1. The SMILES string of the molecule is CCCCCCCCCCC(=O)Oc1ccc(-c2nccc(CCCCCCCCCC)n2)cc1. The lowest BCUT2D eigenvalue weighted by molar-refractivity contribution is -0.134. The second-order valence-electron chi connectivity index (χ2n) is 9.82. The fraction of sp³-hybridized carbons (Fsp3) is 0.645. The lowest BCUT2D eigenvalue weighted by Crippen LogP contribution is -2.07. The van der Waals surface area contributed by atoms with Crippen LogP contribution in [0.2, 0.25) is 0 Å². The maximum Gasteiger partial charge on any atom is 0.311 e. The molecule has 4 nitrogen and oxygen atoms in total.